The fourth-order valence-electron chi connectivity index (χ4n) is 2.10. The third-order valence-corrected chi connectivity index (χ3v) is 4.73. The van der Waals surface area contributed by atoms with Gasteiger partial charge in [0, 0.05) is 17.1 Å². The maximum absolute atomic E-state index is 11.9. The van der Waals surface area contributed by atoms with E-state index in [9.17, 15) is 13.2 Å². The lowest BCUT2D eigenvalue weighted by Gasteiger charge is -2.09. The first-order valence-corrected chi connectivity index (χ1v) is 9.50. The van der Waals surface area contributed by atoms with Gasteiger partial charge in [-0.25, -0.2) is 13.6 Å². The number of rotatable bonds is 7. The van der Waals surface area contributed by atoms with Crippen LogP contribution in [0.1, 0.15) is 18.4 Å². The zero-order valence-corrected chi connectivity index (χ0v) is 15.2. The summed E-state index contributed by atoms with van der Waals surface area (Å²) in [6.45, 7) is 2.27. The number of nitrogens with one attached hydrogen (secondary N) is 1. The highest BCUT2D eigenvalue weighted by Crippen LogP contribution is 2.21. The lowest BCUT2D eigenvalue weighted by Crippen LogP contribution is -2.15. The van der Waals surface area contributed by atoms with Crippen molar-refractivity contribution in [3.63, 3.8) is 0 Å². The summed E-state index contributed by atoms with van der Waals surface area (Å²) in [7, 11) is -3.80. The van der Waals surface area contributed by atoms with E-state index in [-0.39, 0.29) is 17.2 Å². The molecule has 1 amide bonds. The SMILES string of the molecule is Cc1cc(OCCCC(=O)Nc2cccc(S(N)(=O)=O)c2)ccc1Cl. The van der Waals surface area contributed by atoms with Gasteiger partial charge < -0.3 is 10.1 Å². The molecule has 0 heterocycles. The van der Waals surface area contributed by atoms with Crippen molar-refractivity contribution in [3.8, 4) is 5.75 Å². The number of sulfonamides is 1. The van der Waals surface area contributed by atoms with Crippen molar-refractivity contribution < 1.29 is 17.9 Å². The fourth-order valence-corrected chi connectivity index (χ4v) is 2.78. The molecule has 0 bridgehead atoms. The first-order valence-electron chi connectivity index (χ1n) is 7.57. The number of halogens is 1. The van der Waals surface area contributed by atoms with Gasteiger partial charge in [0.25, 0.3) is 0 Å². The van der Waals surface area contributed by atoms with E-state index in [0.717, 1.165) is 5.56 Å². The molecule has 25 heavy (non-hydrogen) atoms. The lowest BCUT2D eigenvalue weighted by molar-refractivity contribution is -0.116. The van der Waals surface area contributed by atoms with E-state index in [1.165, 1.54) is 18.2 Å². The Balaban J connectivity index is 1.80. The third kappa shape index (κ3) is 6.04. The van der Waals surface area contributed by atoms with E-state index < -0.39 is 10.0 Å². The highest BCUT2D eigenvalue weighted by atomic mass is 35.5. The molecular weight excluding hydrogens is 364 g/mol. The number of carbonyl (C=O) groups is 1. The number of anilines is 1. The molecule has 0 aliphatic rings. The van der Waals surface area contributed by atoms with Gasteiger partial charge in [-0.2, -0.15) is 0 Å². The molecule has 0 spiro atoms. The molecule has 6 nitrogen and oxygen atoms in total. The second-order valence-corrected chi connectivity index (χ2v) is 7.45. The van der Waals surface area contributed by atoms with Gasteiger partial charge in [-0.15, -0.1) is 0 Å². The standard InChI is InChI=1S/C17H19ClN2O4S/c1-12-10-14(7-8-16(12)18)24-9-3-6-17(21)20-13-4-2-5-15(11-13)25(19,22)23/h2,4-5,7-8,10-11H,3,6,9H2,1H3,(H,20,21)(H2,19,22,23). The first kappa shape index (κ1) is 19.2. The van der Waals surface area contributed by atoms with Crippen molar-refractivity contribution in [1.82, 2.24) is 0 Å². The summed E-state index contributed by atoms with van der Waals surface area (Å²) in [6.07, 6.45) is 0.758. The van der Waals surface area contributed by atoms with Crippen molar-refractivity contribution in [2.75, 3.05) is 11.9 Å². The summed E-state index contributed by atoms with van der Waals surface area (Å²) in [4.78, 5) is 11.9. The Kier molecular flexibility index (Phi) is 6.41. The van der Waals surface area contributed by atoms with Crippen LogP contribution in [-0.4, -0.2) is 20.9 Å². The van der Waals surface area contributed by atoms with Gasteiger partial charge in [0.05, 0.1) is 11.5 Å². The molecule has 3 N–H and O–H groups in total. The van der Waals surface area contributed by atoms with Crippen LogP contribution in [0.3, 0.4) is 0 Å². The van der Waals surface area contributed by atoms with Gasteiger partial charge in [-0.05, 0) is 55.3 Å². The number of carbonyl (C=O) groups excluding carboxylic acids is 1. The van der Waals surface area contributed by atoms with E-state index in [2.05, 4.69) is 5.32 Å². The Labute approximate surface area is 152 Å². The van der Waals surface area contributed by atoms with Crippen molar-refractivity contribution in [2.24, 2.45) is 5.14 Å². The molecule has 0 saturated carbocycles. The van der Waals surface area contributed by atoms with Crippen molar-refractivity contribution in [3.05, 3.63) is 53.1 Å². The van der Waals surface area contributed by atoms with E-state index in [4.69, 9.17) is 21.5 Å². The average Bonchev–Trinajstić information content (AvgIpc) is 2.54. The van der Waals surface area contributed by atoms with E-state index >= 15 is 0 Å². The van der Waals surface area contributed by atoms with Gasteiger partial charge >= 0.3 is 0 Å². The molecule has 0 aromatic heterocycles. The number of nitrogens with two attached hydrogens (primary N) is 1. The second-order valence-electron chi connectivity index (χ2n) is 5.48. The molecule has 2 aromatic carbocycles. The van der Waals surface area contributed by atoms with Crippen LogP contribution < -0.4 is 15.2 Å². The van der Waals surface area contributed by atoms with E-state index in [1.54, 1.807) is 18.2 Å². The maximum Gasteiger partial charge on any atom is 0.238 e. The summed E-state index contributed by atoms with van der Waals surface area (Å²) < 4.78 is 28.2. The van der Waals surface area contributed by atoms with Gasteiger partial charge in [0.15, 0.2) is 0 Å². The van der Waals surface area contributed by atoms with Crippen molar-refractivity contribution in [2.45, 2.75) is 24.7 Å². The van der Waals surface area contributed by atoms with E-state index in [1.807, 2.05) is 13.0 Å². The molecule has 134 valence electrons. The number of primary sulfonamides is 1. The summed E-state index contributed by atoms with van der Waals surface area (Å²) in [5, 5.41) is 8.38. The van der Waals surface area contributed by atoms with E-state index in [0.29, 0.717) is 29.5 Å². The van der Waals surface area contributed by atoms with Gasteiger partial charge in [0.1, 0.15) is 5.75 Å². The summed E-state index contributed by atoms with van der Waals surface area (Å²) in [5.41, 5.74) is 1.30. The van der Waals surface area contributed by atoms with Gasteiger partial charge in [-0.3, -0.25) is 4.79 Å². The first-order chi connectivity index (χ1) is 11.8. The molecule has 0 unspecified atom stereocenters. The Morgan fingerprint density at radius 1 is 1.24 bits per heavy atom. The monoisotopic (exact) mass is 382 g/mol. The van der Waals surface area contributed by atoms with Gasteiger partial charge in [0.2, 0.25) is 15.9 Å². The normalized spacial score (nSPS) is 11.2. The number of amides is 1. The molecule has 8 heteroatoms. The number of hydrogen-bond donors (Lipinski definition) is 2. The van der Waals surface area contributed by atoms with Crippen LogP contribution >= 0.6 is 11.6 Å². The third-order valence-electron chi connectivity index (χ3n) is 3.39. The average molecular weight is 383 g/mol. The minimum Gasteiger partial charge on any atom is -0.494 e. The zero-order chi connectivity index (χ0) is 18.4. The van der Waals surface area contributed by atoms with Crippen LogP contribution in [0.5, 0.6) is 5.75 Å². The molecule has 0 saturated heterocycles. The summed E-state index contributed by atoms with van der Waals surface area (Å²) in [5.74, 6) is 0.464. The van der Waals surface area contributed by atoms with Crippen LogP contribution in [0.25, 0.3) is 0 Å². The molecule has 0 atom stereocenters. The molecular formula is C17H19ClN2O4S. The lowest BCUT2D eigenvalue weighted by atomic mass is 10.2. The summed E-state index contributed by atoms with van der Waals surface area (Å²) >= 11 is 5.95. The smallest absolute Gasteiger partial charge is 0.238 e. The van der Waals surface area contributed by atoms with Crippen LogP contribution in [0.15, 0.2) is 47.4 Å². The second kappa shape index (κ2) is 8.33. The molecule has 0 radical (unpaired) electrons. The van der Waals surface area contributed by atoms with Crippen LogP contribution in [-0.2, 0) is 14.8 Å². The number of aryl methyl sites for hydroxylation is 1. The number of hydrogen-bond acceptors (Lipinski definition) is 4. The highest BCUT2D eigenvalue weighted by molar-refractivity contribution is 7.89. The zero-order valence-electron chi connectivity index (χ0n) is 13.7. The predicted octanol–water partition coefficient (Wildman–Crippen LogP) is 3.09. The minimum atomic E-state index is -3.80. The fraction of sp³-hybridized carbons (Fsp3) is 0.235. The topological polar surface area (TPSA) is 98.5 Å². The van der Waals surface area contributed by atoms with Crippen LogP contribution in [0.4, 0.5) is 5.69 Å². The predicted molar refractivity (Wildman–Crippen MR) is 97.4 cm³/mol. The molecule has 0 fully saturated rings. The van der Waals surface area contributed by atoms with Crippen molar-refractivity contribution in [1.29, 1.82) is 0 Å². The number of ether oxygens (including phenoxy) is 1. The maximum atomic E-state index is 11.9. The minimum absolute atomic E-state index is 0.0493. The Morgan fingerprint density at radius 3 is 2.68 bits per heavy atom. The van der Waals surface area contributed by atoms with Gasteiger partial charge in [-0.1, -0.05) is 17.7 Å². The van der Waals surface area contributed by atoms with Crippen LogP contribution in [0, 0.1) is 6.92 Å². The molecule has 0 aliphatic heterocycles. The Hall–Kier alpha value is -2.09. The molecule has 2 rings (SSSR count). The largest absolute Gasteiger partial charge is 0.494 e. The number of benzene rings is 2. The van der Waals surface area contributed by atoms with Crippen LogP contribution in [0.2, 0.25) is 5.02 Å². The molecule has 2 aromatic rings. The quantitative estimate of drug-likeness (QED) is 0.719. The Bertz CT molecular complexity index is 869. The Morgan fingerprint density at radius 2 is 2.00 bits per heavy atom. The highest BCUT2D eigenvalue weighted by Gasteiger charge is 2.09. The van der Waals surface area contributed by atoms with Crippen molar-refractivity contribution >= 4 is 33.2 Å². The summed E-state index contributed by atoms with van der Waals surface area (Å²) in [6, 6.07) is 11.2. The molecule has 0 aliphatic carbocycles.